The maximum atomic E-state index is 5.55. The van der Waals surface area contributed by atoms with E-state index in [9.17, 15) is 0 Å². The van der Waals surface area contributed by atoms with Crippen LogP contribution < -0.4 is 5.32 Å². The molecule has 1 N–H and O–H groups in total. The molecule has 0 atom stereocenters. The number of aromatic nitrogens is 1. The summed E-state index contributed by atoms with van der Waals surface area (Å²) in [4.78, 5) is 6.99. The molecule has 2 saturated heterocycles. The Labute approximate surface area is 102 Å². The highest BCUT2D eigenvalue weighted by molar-refractivity contribution is 5.10. The van der Waals surface area contributed by atoms with Gasteiger partial charge in [0.2, 0.25) is 5.89 Å². The number of likely N-dealkylation sites (tertiary alicyclic amines) is 1. The molecule has 4 heteroatoms. The first-order chi connectivity index (χ1) is 7.97. The van der Waals surface area contributed by atoms with E-state index < -0.39 is 0 Å². The van der Waals surface area contributed by atoms with Crippen LogP contribution in [0.3, 0.4) is 0 Å². The van der Waals surface area contributed by atoms with E-state index in [0.29, 0.717) is 5.41 Å². The van der Waals surface area contributed by atoms with Gasteiger partial charge >= 0.3 is 0 Å². The zero-order valence-electron chi connectivity index (χ0n) is 10.9. The van der Waals surface area contributed by atoms with Gasteiger partial charge in [-0.15, -0.1) is 0 Å². The lowest BCUT2D eigenvalue weighted by molar-refractivity contribution is -0.0483. The monoisotopic (exact) mass is 235 g/mol. The zero-order valence-corrected chi connectivity index (χ0v) is 10.9. The van der Waals surface area contributed by atoms with Crippen molar-refractivity contribution < 1.29 is 4.42 Å². The molecular weight excluding hydrogens is 214 g/mol. The third-order valence-electron chi connectivity index (χ3n) is 3.80. The Hall–Kier alpha value is -0.870. The predicted octanol–water partition coefficient (Wildman–Crippen LogP) is 1.38. The van der Waals surface area contributed by atoms with E-state index in [0.717, 1.165) is 18.1 Å². The quantitative estimate of drug-likeness (QED) is 0.841. The van der Waals surface area contributed by atoms with Gasteiger partial charge in [-0.3, -0.25) is 4.90 Å². The van der Waals surface area contributed by atoms with E-state index in [1.807, 2.05) is 0 Å². The second kappa shape index (κ2) is 3.56. The second-order valence-corrected chi connectivity index (χ2v) is 6.63. The topological polar surface area (TPSA) is 41.3 Å². The molecule has 94 valence electrons. The van der Waals surface area contributed by atoms with Crippen molar-refractivity contribution in [3.63, 3.8) is 0 Å². The Morgan fingerprint density at radius 3 is 2.59 bits per heavy atom. The van der Waals surface area contributed by atoms with Crippen LogP contribution in [0.25, 0.3) is 0 Å². The van der Waals surface area contributed by atoms with Crippen molar-refractivity contribution in [3.8, 4) is 0 Å². The van der Waals surface area contributed by atoms with Gasteiger partial charge in [0.05, 0.1) is 12.2 Å². The molecule has 3 rings (SSSR count). The van der Waals surface area contributed by atoms with Crippen molar-refractivity contribution in [3.05, 3.63) is 17.8 Å². The molecule has 17 heavy (non-hydrogen) atoms. The lowest BCUT2D eigenvalue weighted by atomic mass is 9.74. The van der Waals surface area contributed by atoms with Gasteiger partial charge in [0.25, 0.3) is 0 Å². The SMILES string of the molecule is CC(C)(C)c1coc(CN2CC3(CNC3)C2)n1. The molecule has 0 amide bonds. The Morgan fingerprint density at radius 2 is 2.12 bits per heavy atom. The number of hydrogen-bond acceptors (Lipinski definition) is 4. The molecule has 4 nitrogen and oxygen atoms in total. The van der Waals surface area contributed by atoms with Gasteiger partial charge in [0.15, 0.2) is 0 Å². The highest BCUT2D eigenvalue weighted by Crippen LogP contribution is 2.34. The highest BCUT2D eigenvalue weighted by Gasteiger charge is 2.47. The van der Waals surface area contributed by atoms with E-state index in [4.69, 9.17) is 4.42 Å². The van der Waals surface area contributed by atoms with Crippen LogP contribution in [0, 0.1) is 5.41 Å². The number of oxazole rings is 1. The van der Waals surface area contributed by atoms with Gasteiger partial charge in [-0.1, -0.05) is 20.8 Å². The average Bonchev–Trinajstić information content (AvgIpc) is 2.54. The van der Waals surface area contributed by atoms with Crippen LogP contribution in [0.5, 0.6) is 0 Å². The lowest BCUT2D eigenvalue weighted by Gasteiger charge is -2.55. The first kappa shape index (κ1) is 11.2. The van der Waals surface area contributed by atoms with E-state index >= 15 is 0 Å². The predicted molar refractivity (Wildman–Crippen MR) is 65.8 cm³/mol. The smallest absolute Gasteiger partial charge is 0.208 e. The zero-order chi connectivity index (χ0) is 12.1. The van der Waals surface area contributed by atoms with Crippen molar-refractivity contribution in [1.29, 1.82) is 0 Å². The lowest BCUT2D eigenvalue weighted by Crippen LogP contribution is -2.70. The minimum Gasteiger partial charge on any atom is -0.447 e. The molecule has 0 aliphatic carbocycles. The summed E-state index contributed by atoms with van der Waals surface area (Å²) in [5.41, 5.74) is 1.71. The first-order valence-electron chi connectivity index (χ1n) is 6.35. The van der Waals surface area contributed by atoms with Crippen molar-refractivity contribution in [1.82, 2.24) is 15.2 Å². The number of nitrogens with one attached hydrogen (secondary N) is 1. The largest absolute Gasteiger partial charge is 0.447 e. The van der Waals surface area contributed by atoms with Crippen molar-refractivity contribution in [2.75, 3.05) is 26.2 Å². The van der Waals surface area contributed by atoms with Crippen LogP contribution in [-0.4, -0.2) is 36.1 Å². The third-order valence-corrected chi connectivity index (χ3v) is 3.80. The first-order valence-corrected chi connectivity index (χ1v) is 6.35. The summed E-state index contributed by atoms with van der Waals surface area (Å²) in [7, 11) is 0. The summed E-state index contributed by atoms with van der Waals surface area (Å²) in [6.07, 6.45) is 1.80. The van der Waals surface area contributed by atoms with E-state index in [1.54, 1.807) is 6.26 Å². The molecule has 0 saturated carbocycles. The maximum Gasteiger partial charge on any atom is 0.208 e. The van der Waals surface area contributed by atoms with Gasteiger partial charge in [-0.25, -0.2) is 4.98 Å². The summed E-state index contributed by atoms with van der Waals surface area (Å²) in [6.45, 7) is 12.1. The highest BCUT2D eigenvalue weighted by atomic mass is 16.3. The van der Waals surface area contributed by atoms with Crippen molar-refractivity contribution >= 4 is 0 Å². The molecule has 0 radical (unpaired) electrons. The molecule has 2 aliphatic heterocycles. The summed E-state index contributed by atoms with van der Waals surface area (Å²) < 4.78 is 5.55. The minimum absolute atomic E-state index is 0.0792. The van der Waals surface area contributed by atoms with Gasteiger partial charge < -0.3 is 9.73 Å². The Kier molecular flexibility index (Phi) is 2.35. The standard InChI is InChI=1S/C13H21N3O/c1-12(2,3)10-5-17-11(15-10)4-16-8-13(9-16)6-14-7-13/h5,14H,4,6-9H2,1-3H3. The number of rotatable bonds is 2. The fraction of sp³-hybridized carbons (Fsp3) is 0.769. The molecule has 0 unspecified atom stereocenters. The fourth-order valence-corrected chi connectivity index (χ4v) is 2.64. The van der Waals surface area contributed by atoms with Crippen molar-refractivity contribution in [2.24, 2.45) is 5.41 Å². The summed E-state index contributed by atoms with van der Waals surface area (Å²) in [6, 6.07) is 0. The van der Waals surface area contributed by atoms with Crippen LogP contribution in [0.15, 0.2) is 10.7 Å². The van der Waals surface area contributed by atoms with Crippen LogP contribution in [0.2, 0.25) is 0 Å². The van der Waals surface area contributed by atoms with Crippen LogP contribution in [-0.2, 0) is 12.0 Å². The fourth-order valence-electron chi connectivity index (χ4n) is 2.64. The van der Waals surface area contributed by atoms with Crippen LogP contribution in [0.1, 0.15) is 32.4 Å². The molecule has 2 fully saturated rings. The summed E-state index contributed by atoms with van der Waals surface area (Å²) >= 11 is 0. The molecular formula is C13H21N3O. The Morgan fingerprint density at radius 1 is 1.41 bits per heavy atom. The minimum atomic E-state index is 0.0792. The van der Waals surface area contributed by atoms with E-state index in [1.165, 1.54) is 26.2 Å². The molecule has 0 bridgehead atoms. The van der Waals surface area contributed by atoms with Gasteiger partial charge in [-0.2, -0.15) is 0 Å². The molecule has 1 aromatic heterocycles. The second-order valence-electron chi connectivity index (χ2n) is 6.63. The van der Waals surface area contributed by atoms with Gasteiger partial charge in [-0.05, 0) is 0 Å². The Bertz CT molecular complexity index is 407. The normalized spacial score (nSPS) is 23.5. The van der Waals surface area contributed by atoms with Gasteiger partial charge in [0.1, 0.15) is 6.26 Å². The molecule has 1 spiro atoms. The molecule has 0 aromatic carbocycles. The number of hydrogen-bond donors (Lipinski definition) is 1. The molecule has 1 aromatic rings. The van der Waals surface area contributed by atoms with E-state index in [-0.39, 0.29) is 5.41 Å². The third kappa shape index (κ3) is 2.00. The molecule has 3 heterocycles. The Balaban J connectivity index is 1.57. The average molecular weight is 235 g/mol. The van der Waals surface area contributed by atoms with E-state index in [2.05, 4.69) is 36.0 Å². The molecule has 2 aliphatic rings. The van der Waals surface area contributed by atoms with Gasteiger partial charge in [0, 0.05) is 37.0 Å². The van der Waals surface area contributed by atoms with Crippen LogP contribution >= 0.6 is 0 Å². The van der Waals surface area contributed by atoms with Crippen molar-refractivity contribution in [2.45, 2.75) is 32.7 Å². The maximum absolute atomic E-state index is 5.55. The summed E-state index contributed by atoms with van der Waals surface area (Å²) in [5, 5.41) is 3.35. The number of nitrogens with zero attached hydrogens (tertiary/aromatic N) is 2. The van der Waals surface area contributed by atoms with Crippen LogP contribution in [0.4, 0.5) is 0 Å². The summed E-state index contributed by atoms with van der Waals surface area (Å²) in [5.74, 6) is 0.858.